The summed E-state index contributed by atoms with van der Waals surface area (Å²) in [4.78, 5) is 18.4. The van der Waals surface area contributed by atoms with Gasteiger partial charge in [0.2, 0.25) is 0 Å². The van der Waals surface area contributed by atoms with E-state index in [1.807, 2.05) is 546 Å². The van der Waals surface area contributed by atoms with E-state index in [0.29, 0.717) is 23.8 Å². The van der Waals surface area contributed by atoms with E-state index in [-0.39, 0.29) is 40.8 Å². The summed E-state index contributed by atoms with van der Waals surface area (Å²) in [5.41, 5.74) is 10.7. The molecular weight excluding hydrogens is 1650 g/mol. The number of guanidine groups is 4. The zero-order chi connectivity index (χ0) is 81.4. The van der Waals surface area contributed by atoms with Gasteiger partial charge in [0.25, 0.3) is 0 Å². The average molecular weight is 1750 g/mol. The molecule has 12 nitrogen and oxygen atoms in total. The summed E-state index contributed by atoms with van der Waals surface area (Å²) in [6.07, 6.45) is 0. The molecule has 14 heteroatoms. The van der Waals surface area contributed by atoms with Crippen molar-refractivity contribution >= 4 is 92.1 Å². The van der Waals surface area contributed by atoms with Crippen molar-refractivity contribution in [3.8, 4) is 0 Å². The maximum Gasteiger partial charge on any atom is 2.00 e. The quantitative estimate of drug-likeness (QED) is 0.0546. The Morgan fingerprint density at radius 1 is 0.133 bits per heavy atom. The molecule has 0 aliphatic rings. The Morgan fingerprint density at radius 2 is 0.233 bits per heavy atom. The van der Waals surface area contributed by atoms with Crippen molar-refractivity contribution in [2.45, 2.75) is 0 Å². The maximum absolute atomic E-state index is 4.59. The van der Waals surface area contributed by atoms with Crippen LogP contribution in [0.1, 0.15) is 0 Å². The fourth-order valence-electron chi connectivity index (χ4n) is 9.85. The van der Waals surface area contributed by atoms with Crippen LogP contribution in [0.15, 0.2) is 566 Å². The number of hydrogen-bond donors (Lipinski definition) is 4. The number of nitrogens with one attached hydrogen (secondary N) is 4. The zero-order valence-electron chi connectivity index (χ0n) is 66.2. The van der Waals surface area contributed by atoms with E-state index in [1.165, 1.54) is 0 Å². The Labute approximate surface area is 735 Å². The molecule has 0 aliphatic carbocycles. The minimum absolute atomic E-state index is 0. The maximum atomic E-state index is 4.59. The van der Waals surface area contributed by atoms with Crippen LogP contribution in [0, 0.1) is 0 Å². The van der Waals surface area contributed by atoms with Crippen LogP contribution in [0.5, 0.6) is 0 Å². The zero-order valence-corrected chi connectivity index (χ0v) is 69.3. The summed E-state index contributed by atoms with van der Waals surface area (Å²) in [6.45, 7) is 0. The number of hydrogen-bond acceptors (Lipinski definition) is 4. The van der Waals surface area contributed by atoms with Crippen molar-refractivity contribution in [1.29, 1.82) is 0 Å². The molecule has 0 aliphatic heterocycles. The number of anilines is 4. The van der Waals surface area contributed by atoms with Crippen molar-refractivity contribution in [2.24, 2.45) is 20.0 Å². The molecule has 17 aromatic carbocycles. The number of para-hydroxylation sites is 12. The molecule has 0 atom stereocenters. The first-order valence-electron chi connectivity index (χ1n) is 38.5. The second kappa shape index (κ2) is 60.7. The molecular formula is C106H94N12Pd2. The van der Waals surface area contributed by atoms with Gasteiger partial charge in [0.05, 0.1) is 0 Å². The van der Waals surface area contributed by atoms with Gasteiger partial charge in [0, 0.05) is 23.8 Å². The van der Waals surface area contributed by atoms with Crippen LogP contribution in [0.4, 0.5) is 68.2 Å². The largest absolute Gasteiger partial charge is 2.00 e. The molecule has 120 heavy (non-hydrogen) atoms. The molecule has 0 fully saturated rings. The van der Waals surface area contributed by atoms with E-state index in [1.54, 1.807) is 0 Å². The number of rotatable bonds is 12. The topological polar surface area (TPSA) is 154 Å². The van der Waals surface area contributed by atoms with Crippen LogP contribution < -0.4 is 21.3 Å². The first kappa shape index (κ1) is 92.3. The molecule has 0 radical (unpaired) electrons. The minimum Gasteiger partial charge on any atom is -0.412 e. The van der Waals surface area contributed by atoms with Crippen LogP contribution in [0.2, 0.25) is 0 Å². The molecule has 0 saturated heterocycles. The molecule has 0 aromatic heterocycles. The molecule has 0 saturated carbocycles. The summed E-state index contributed by atoms with van der Waals surface area (Å²) in [6, 6.07) is 178. The van der Waals surface area contributed by atoms with Crippen LogP contribution >= 0.6 is 0 Å². The molecule has 0 heterocycles. The summed E-state index contributed by atoms with van der Waals surface area (Å²) < 4.78 is 0. The SMILES string of the molecule is [Pd+2].[Pd+2].c1ccc(N=C([N-]c2ccccc2)Nc2ccccc2)cc1.c1ccc(N=C([N-]c2ccccc2)Nc2ccccc2)cc1.c1ccc(N=C([N-]c2ccccc2)Nc2ccccc2)cc1.c1ccc(N=C([N-]c2ccccc2)Nc2ccccc2)cc1.c1ccccc1.c1ccccc1.c1ccccc1.c1ccccc1.c1ccccc1. The third-order valence-corrected chi connectivity index (χ3v) is 15.4. The number of benzene rings is 17. The Morgan fingerprint density at radius 3 is 0.358 bits per heavy atom. The molecule has 4 N–H and O–H groups in total. The standard InChI is InChI=1S/4C19H16N3.5C6H6.2Pd/c4*1-4-10-16(11-5-1)20-19(21-17-12-6-2-7-13-17)22-18-14-8-3-9-15-18;5*1-2-4-6-5-3-1;;/h4*1-15H,(H-,20,21,22);5*1-6H;;/q4*-1;;;;;;2*+2. The average Bonchev–Trinajstić information content (AvgIpc) is 0.893. The molecule has 0 unspecified atom stereocenters. The smallest absolute Gasteiger partial charge is 0.412 e. The van der Waals surface area contributed by atoms with Crippen molar-refractivity contribution < 1.29 is 40.8 Å². The van der Waals surface area contributed by atoms with E-state index in [2.05, 4.69) is 62.5 Å². The van der Waals surface area contributed by atoms with Crippen LogP contribution in [-0.2, 0) is 40.8 Å². The van der Waals surface area contributed by atoms with E-state index in [0.717, 1.165) is 68.2 Å². The van der Waals surface area contributed by atoms with Gasteiger partial charge in [-0.2, -0.15) is 0 Å². The van der Waals surface area contributed by atoms with Crippen molar-refractivity contribution in [2.75, 3.05) is 21.3 Å². The van der Waals surface area contributed by atoms with Gasteiger partial charge in [-0.3, -0.25) is 0 Å². The van der Waals surface area contributed by atoms with Crippen LogP contribution in [-0.4, -0.2) is 23.8 Å². The van der Waals surface area contributed by atoms with Gasteiger partial charge in [0.1, 0.15) is 0 Å². The van der Waals surface area contributed by atoms with E-state index < -0.39 is 0 Å². The van der Waals surface area contributed by atoms with Gasteiger partial charge in [-0.05, 0) is 68.2 Å². The monoisotopic (exact) mass is 1750 g/mol. The second-order valence-corrected chi connectivity index (χ2v) is 24.6. The fraction of sp³-hybridized carbons (Fsp3) is 0. The van der Waals surface area contributed by atoms with Gasteiger partial charge in [-0.15, -0.1) is 0 Å². The molecule has 0 spiro atoms. The Balaban J connectivity index is 0.000000196. The van der Waals surface area contributed by atoms with Crippen molar-refractivity contribution in [3.05, 3.63) is 567 Å². The Hall–Kier alpha value is -14.9. The molecule has 598 valence electrons. The third-order valence-electron chi connectivity index (χ3n) is 15.4. The summed E-state index contributed by atoms with van der Waals surface area (Å²) in [7, 11) is 0. The number of nitrogens with zero attached hydrogens (tertiary/aromatic N) is 8. The predicted octanol–water partition coefficient (Wildman–Crippen LogP) is 30.4. The van der Waals surface area contributed by atoms with Crippen LogP contribution in [0.3, 0.4) is 0 Å². The third kappa shape index (κ3) is 42.5. The van der Waals surface area contributed by atoms with Gasteiger partial charge < -0.3 is 62.5 Å². The van der Waals surface area contributed by atoms with Gasteiger partial charge in [-0.1, -0.05) is 546 Å². The molecule has 0 bridgehead atoms. The first-order chi connectivity index (χ1) is 58.6. The van der Waals surface area contributed by atoms with Gasteiger partial charge in [-0.25, -0.2) is 0 Å². The second-order valence-electron chi connectivity index (χ2n) is 24.6. The van der Waals surface area contributed by atoms with Gasteiger partial charge in [0.15, 0.2) is 0 Å². The Bertz CT molecular complexity index is 4340. The molecule has 17 rings (SSSR count). The predicted molar refractivity (Wildman–Crippen MR) is 504 cm³/mol. The normalized spacial score (nSPS) is 10.1. The first-order valence-corrected chi connectivity index (χ1v) is 38.5. The fourth-order valence-corrected chi connectivity index (χ4v) is 9.85. The summed E-state index contributed by atoms with van der Waals surface area (Å²) in [5.74, 6) is 2.24. The van der Waals surface area contributed by atoms with Crippen molar-refractivity contribution in [3.63, 3.8) is 0 Å². The van der Waals surface area contributed by atoms with E-state index in [4.69, 9.17) is 0 Å². The van der Waals surface area contributed by atoms with Crippen molar-refractivity contribution in [1.82, 2.24) is 0 Å². The van der Waals surface area contributed by atoms with Crippen LogP contribution in [0.25, 0.3) is 21.3 Å². The molecule has 17 aromatic rings. The Kier molecular flexibility index (Phi) is 46.7. The van der Waals surface area contributed by atoms with E-state index in [9.17, 15) is 0 Å². The van der Waals surface area contributed by atoms with Gasteiger partial charge >= 0.3 is 40.8 Å². The summed E-state index contributed by atoms with van der Waals surface area (Å²) >= 11 is 0. The number of aliphatic imine (C=N–C) groups is 4. The van der Waals surface area contributed by atoms with E-state index >= 15 is 0 Å². The molecule has 0 amide bonds. The summed E-state index contributed by atoms with van der Waals surface area (Å²) in [5, 5.41) is 31.4. The minimum atomic E-state index is 0.